The predicted octanol–water partition coefficient (Wildman–Crippen LogP) is 3.14. The molecule has 2 rings (SSSR count). The van der Waals surface area contributed by atoms with E-state index >= 15 is 0 Å². The molecule has 1 heterocycles. The molecule has 1 aromatic carbocycles. The molecule has 5 nitrogen and oxygen atoms in total. The zero-order valence-corrected chi connectivity index (χ0v) is 13.6. The Morgan fingerprint density at radius 2 is 1.91 bits per heavy atom. The van der Waals surface area contributed by atoms with Crippen LogP contribution in [0.25, 0.3) is 0 Å². The molecule has 116 valence electrons. The Kier molecular flexibility index (Phi) is 5.05. The molecule has 2 aromatic rings. The summed E-state index contributed by atoms with van der Waals surface area (Å²) < 4.78 is 0. The van der Waals surface area contributed by atoms with Gasteiger partial charge in [0.25, 0.3) is 5.91 Å². The lowest BCUT2D eigenvalue weighted by molar-refractivity contribution is 0.100. The molecule has 0 saturated carbocycles. The third-order valence-electron chi connectivity index (χ3n) is 3.04. The van der Waals surface area contributed by atoms with Crippen LogP contribution in [0.15, 0.2) is 24.3 Å². The Morgan fingerprint density at radius 3 is 2.45 bits per heavy atom. The zero-order valence-electron chi connectivity index (χ0n) is 12.0. The lowest BCUT2D eigenvalue weighted by atomic mass is 10.1. The summed E-state index contributed by atoms with van der Waals surface area (Å²) in [4.78, 5) is 24.5. The first-order chi connectivity index (χ1) is 10.5. The number of nitrogens with two attached hydrogens (primary N) is 2. The van der Waals surface area contributed by atoms with Crippen molar-refractivity contribution in [2.75, 3.05) is 17.6 Å². The fourth-order valence-electron chi connectivity index (χ4n) is 1.95. The van der Waals surface area contributed by atoms with E-state index in [1.54, 1.807) is 24.3 Å². The Hall–Kier alpha value is -2.05. The fourth-order valence-corrected chi connectivity index (χ4v) is 3.19. The van der Waals surface area contributed by atoms with Gasteiger partial charge in [-0.3, -0.25) is 9.59 Å². The SMILES string of the molecule is CCCNc1sc(C(=O)c2ccc(Cl)cc2)c(N)c1C(N)=O. The van der Waals surface area contributed by atoms with Crippen molar-refractivity contribution in [2.45, 2.75) is 13.3 Å². The number of hydrogen-bond acceptors (Lipinski definition) is 5. The molecule has 0 aliphatic heterocycles. The minimum atomic E-state index is -0.650. The third-order valence-corrected chi connectivity index (χ3v) is 4.45. The van der Waals surface area contributed by atoms with Crippen LogP contribution in [0.5, 0.6) is 0 Å². The number of ketones is 1. The number of nitrogen functional groups attached to an aromatic ring is 1. The van der Waals surface area contributed by atoms with Gasteiger partial charge in [0.2, 0.25) is 5.78 Å². The van der Waals surface area contributed by atoms with E-state index in [-0.39, 0.29) is 17.0 Å². The molecular weight excluding hydrogens is 322 g/mol. The van der Waals surface area contributed by atoms with Crippen LogP contribution >= 0.6 is 22.9 Å². The average Bonchev–Trinajstić information content (AvgIpc) is 2.82. The van der Waals surface area contributed by atoms with E-state index in [2.05, 4.69) is 5.32 Å². The first-order valence-corrected chi connectivity index (χ1v) is 7.91. The quantitative estimate of drug-likeness (QED) is 0.705. The number of halogens is 1. The molecule has 0 bridgehead atoms. The summed E-state index contributed by atoms with van der Waals surface area (Å²) in [6, 6.07) is 6.49. The molecule has 0 unspecified atom stereocenters. The summed E-state index contributed by atoms with van der Waals surface area (Å²) >= 11 is 6.96. The maximum absolute atomic E-state index is 12.5. The second kappa shape index (κ2) is 6.81. The van der Waals surface area contributed by atoms with Crippen LogP contribution in [0.4, 0.5) is 10.7 Å². The number of rotatable bonds is 6. The summed E-state index contributed by atoms with van der Waals surface area (Å²) in [6.07, 6.45) is 0.871. The van der Waals surface area contributed by atoms with Crippen molar-refractivity contribution in [2.24, 2.45) is 5.73 Å². The number of anilines is 2. The monoisotopic (exact) mass is 337 g/mol. The van der Waals surface area contributed by atoms with Gasteiger partial charge in [-0.05, 0) is 30.7 Å². The summed E-state index contributed by atoms with van der Waals surface area (Å²) in [5.74, 6) is -0.909. The second-order valence-electron chi connectivity index (χ2n) is 4.68. The highest BCUT2D eigenvalue weighted by atomic mass is 35.5. The number of benzene rings is 1. The van der Waals surface area contributed by atoms with Crippen molar-refractivity contribution < 1.29 is 9.59 Å². The van der Waals surface area contributed by atoms with Crippen molar-refractivity contribution in [3.8, 4) is 0 Å². The van der Waals surface area contributed by atoms with Gasteiger partial charge < -0.3 is 16.8 Å². The first kappa shape index (κ1) is 16.3. The maximum Gasteiger partial charge on any atom is 0.253 e. The molecule has 0 aliphatic carbocycles. The molecule has 7 heteroatoms. The Bertz CT molecular complexity index is 710. The highest BCUT2D eigenvalue weighted by Crippen LogP contribution is 2.36. The largest absolute Gasteiger partial charge is 0.397 e. The molecule has 0 spiro atoms. The third kappa shape index (κ3) is 3.23. The minimum absolute atomic E-state index is 0.121. The van der Waals surface area contributed by atoms with Gasteiger partial charge >= 0.3 is 0 Å². The first-order valence-electron chi connectivity index (χ1n) is 6.71. The van der Waals surface area contributed by atoms with E-state index in [1.165, 1.54) is 0 Å². The van der Waals surface area contributed by atoms with E-state index in [9.17, 15) is 9.59 Å². The highest BCUT2D eigenvalue weighted by Gasteiger charge is 2.24. The van der Waals surface area contributed by atoms with Crippen molar-refractivity contribution in [1.82, 2.24) is 0 Å². The average molecular weight is 338 g/mol. The molecule has 1 amide bonds. The van der Waals surface area contributed by atoms with Crippen LogP contribution in [-0.4, -0.2) is 18.2 Å². The summed E-state index contributed by atoms with van der Waals surface area (Å²) in [5, 5.41) is 4.16. The summed E-state index contributed by atoms with van der Waals surface area (Å²) in [6.45, 7) is 2.66. The Morgan fingerprint density at radius 1 is 1.27 bits per heavy atom. The van der Waals surface area contributed by atoms with E-state index in [1.807, 2.05) is 6.92 Å². The standard InChI is InChI=1S/C15H16ClN3O2S/c1-2-7-19-15-10(14(18)21)11(17)13(22-15)12(20)8-3-5-9(16)6-4-8/h3-6,19H,2,7,17H2,1H3,(H2,18,21). The van der Waals surface area contributed by atoms with Gasteiger partial charge in [-0.2, -0.15) is 0 Å². The highest BCUT2D eigenvalue weighted by molar-refractivity contribution is 7.19. The number of hydrogen-bond donors (Lipinski definition) is 3. The number of thiophene rings is 1. The van der Waals surface area contributed by atoms with Crippen LogP contribution in [0, 0.1) is 0 Å². The molecule has 0 fully saturated rings. The molecule has 0 aliphatic rings. The van der Waals surface area contributed by atoms with E-state index in [4.69, 9.17) is 23.1 Å². The van der Waals surface area contributed by atoms with E-state index < -0.39 is 5.91 Å². The predicted molar refractivity (Wildman–Crippen MR) is 90.9 cm³/mol. The molecule has 0 radical (unpaired) electrons. The molecule has 22 heavy (non-hydrogen) atoms. The van der Waals surface area contributed by atoms with Gasteiger partial charge in [0.15, 0.2) is 0 Å². The van der Waals surface area contributed by atoms with Crippen molar-refractivity contribution in [3.05, 3.63) is 45.3 Å². The van der Waals surface area contributed by atoms with E-state index in [0.717, 1.165) is 17.8 Å². The number of amides is 1. The summed E-state index contributed by atoms with van der Waals surface area (Å²) in [5.41, 5.74) is 12.1. The lowest BCUT2D eigenvalue weighted by Gasteiger charge is -2.03. The number of carbonyl (C=O) groups is 2. The number of carbonyl (C=O) groups excluding carboxylic acids is 2. The molecular formula is C15H16ClN3O2S. The smallest absolute Gasteiger partial charge is 0.253 e. The van der Waals surface area contributed by atoms with Gasteiger partial charge in [-0.15, -0.1) is 11.3 Å². The summed E-state index contributed by atoms with van der Waals surface area (Å²) in [7, 11) is 0. The molecule has 0 saturated heterocycles. The lowest BCUT2D eigenvalue weighted by Crippen LogP contribution is -2.15. The van der Waals surface area contributed by atoms with Crippen LogP contribution < -0.4 is 16.8 Å². The molecule has 0 atom stereocenters. The second-order valence-corrected chi connectivity index (χ2v) is 6.13. The van der Waals surface area contributed by atoms with Gasteiger partial charge in [0.05, 0.1) is 11.3 Å². The van der Waals surface area contributed by atoms with Gasteiger partial charge in [0, 0.05) is 17.1 Å². The Balaban J connectivity index is 2.44. The van der Waals surface area contributed by atoms with Crippen LogP contribution in [0.3, 0.4) is 0 Å². The number of nitrogens with one attached hydrogen (secondary N) is 1. The van der Waals surface area contributed by atoms with Crippen LogP contribution in [-0.2, 0) is 0 Å². The maximum atomic E-state index is 12.5. The van der Waals surface area contributed by atoms with Crippen LogP contribution in [0.2, 0.25) is 5.02 Å². The topological polar surface area (TPSA) is 98.2 Å². The fraction of sp³-hybridized carbons (Fsp3) is 0.200. The normalized spacial score (nSPS) is 10.5. The molecule has 5 N–H and O–H groups in total. The zero-order chi connectivity index (χ0) is 16.3. The van der Waals surface area contributed by atoms with E-state index in [0.29, 0.717) is 27.0 Å². The number of primary amides is 1. The molecule has 1 aromatic heterocycles. The van der Waals surface area contributed by atoms with Gasteiger partial charge in [-0.1, -0.05) is 18.5 Å². The van der Waals surface area contributed by atoms with Crippen molar-refractivity contribution in [3.63, 3.8) is 0 Å². The van der Waals surface area contributed by atoms with Gasteiger partial charge in [0.1, 0.15) is 9.88 Å². The minimum Gasteiger partial charge on any atom is -0.397 e. The van der Waals surface area contributed by atoms with Gasteiger partial charge in [-0.25, -0.2) is 0 Å². The Labute approximate surface area is 137 Å². The van der Waals surface area contributed by atoms with Crippen molar-refractivity contribution >= 4 is 45.3 Å². The van der Waals surface area contributed by atoms with Crippen LogP contribution in [0.1, 0.15) is 38.9 Å². The van der Waals surface area contributed by atoms with Crippen molar-refractivity contribution in [1.29, 1.82) is 0 Å².